The zero-order valence-corrected chi connectivity index (χ0v) is 13.8. The highest BCUT2D eigenvalue weighted by molar-refractivity contribution is 9.10. The second-order valence-electron chi connectivity index (χ2n) is 5.58. The topological polar surface area (TPSA) is 28.2 Å². The van der Waals surface area contributed by atoms with E-state index in [1.165, 1.54) is 21.4 Å². The van der Waals surface area contributed by atoms with Gasteiger partial charge in [0.05, 0.1) is 0 Å². The Balaban J connectivity index is 1.57. The zero-order chi connectivity index (χ0) is 14.7. The molecule has 1 fully saturated rings. The molecule has 0 spiro atoms. The van der Waals surface area contributed by atoms with Crippen LogP contribution in [0.15, 0.2) is 47.2 Å². The van der Waals surface area contributed by atoms with E-state index < -0.39 is 0 Å². The van der Waals surface area contributed by atoms with Gasteiger partial charge in [0.25, 0.3) is 0 Å². The summed E-state index contributed by atoms with van der Waals surface area (Å²) < 4.78 is 1.17. The van der Waals surface area contributed by atoms with E-state index in [2.05, 4.69) is 68.4 Å². The molecule has 110 valence electrons. The van der Waals surface area contributed by atoms with Gasteiger partial charge in [-0.05, 0) is 49.6 Å². The molecule has 1 aromatic heterocycles. The Morgan fingerprint density at radius 2 is 1.86 bits per heavy atom. The van der Waals surface area contributed by atoms with Crippen molar-refractivity contribution in [3.8, 4) is 0 Å². The number of halogens is 1. The molecule has 0 unspecified atom stereocenters. The molecule has 0 amide bonds. The minimum Gasteiger partial charge on any atom is -0.382 e. The lowest BCUT2D eigenvalue weighted by Crippen LogP contribution is -2.39. The molecular formula is C17H20BrN3. The molecule has 3 nitrogen and oxygen atoms in total. The molecule has 0 aliphatic carbocycles. The van der Waals surface area contributed by atoms with Crippen LogP contribution in [0.5, 0.6) is 0 Å². The number of anilines is 2. The number of benzene rings is 1. The van der Waals surface area contributed by atoms with Crippen LogP contribution in [0, 0.1) is 6.92 Å². The van der Waals surface area contributed by atoms with Crippen LogP contribution in [0.4, 0.5) is 11.4 Å². The van der Waals surface area contributed by atoms with Gasteiger partial charge in [-0.2, -0.15) is 0 Å². The van der Waals surface area contributed by atoms with Gasteiger partial charge in [0, 0.05) is 47.4 Å². The number of rotatable bonds is 3. The lowest BCUT2D eigenvalue weighted by molar-refractivity contribution is 0.526. The normalized spacial score (nSPS) is 16.0. The largest absolute Gasteiger partial charge is 0.382 e. The van der Waals surface area contributed by atoms with Gasteiger partial charge < -0.3 is 10.2 Å². The second kappa shape index (κ2) is 6.48. The summed E-state index contributed by atoms with van der Waals surface area (Å²) in [5.41, 5.74) is 3.75. The van der Waals surface area contributed by atoms with Gasteiger partial charge in [0.2, 0.25) is 0 Å². The number of pyridine rings is 1. The molecule has 3 rings (SSSR count). The maximum atomic E-state index is 4.08. The van der Waals surface area contributed by atoms with Crippen molar-refractivity contribution in [2.24, 2.45) is 0 Å². The summed E-state index contributed by atoms with van der Waals surface area (Å²) in [6, 6.07) is 11.2. The smallest absolute Gasteiger partial charge is 0.0397 e. The van der Waals surface area contributed by atoms with Crippen molar-refractivity contribution in [2.45, 2.75) is 25.8 Å². The number of nitrogens with zero attached hydrogens (tertiary/aromatic N) is 2. The molecule has 0 bridgehead atoms. The highest BCUT2D eigenvalue weighted by Gasteiger charge is 2.19. The second-order valence-corrected chi connectivity index (χ2v) is 6.43. The van der Waals surface area contributed by atoms with Crippen molar-refractivity contribution in [3.63, 3.8) is 0 Å². The van der Waals surface area contributed by atoms with Gasteiger partial charge in [-0.3, -0.25) is 4.98 Å². The molecule has 0 atom stereocenters. The van der Waals surface area contributed by atoms with Crippen LogP contribution >= 0.6 is 15.9 Å². The third kappa shape index (κ3) is 3.56. The summed E-state index contributed by atoms with van der Waals surface area (Å²) in [5, 5.41) is 3.65. The van der Waals surface area contributed by atoms with E-state index in [1.807, 2.05) is 12.4 Å². The highest BCUT2D eigenvalue weighted by atomic mass is 79.9. The van der Waals surface area contributed by atoms with Gasteiger partial charge in [-0.1, -0.05) is 22.0 Å². The van der Waals surface area contributed by atoms with Crippen LogP contribution < -0.4 is 10.2 Å². The van der Waals surface area contributed by atoms with Crippen molar-refractivity contribution in [3.05, 3.63) is 52.8 Å². The molecule has 1 aliphatic heterocycles. The van der Waals surface area contributed by atoms with Gasteiger partial charge in [0.1, 0.15) is 0 Å². The first-order chi connectivity index (χ1) is 10.2. The Morgan fingerprint density at radius 1 is 1.14 bits per heavy atom. The first-order valence-electron chi connectivity index (χ1n) is 7.40. The summed E-state index contributed by atoms with van der Waals surface area (Å²) >= 11 is 3.60. The van der Waals surface area contributed by atoms with Crippen molar-refractivity contribution in [1.82, 2.24) is 4.98 Å². The van der Waals surface area contributed by atoms with Crippen LogP contribution in [0.1, 0.15) is 18.4 Å². The van der Waals surface area contributed by atoms with Crippen LogP contribution in [-0.4, -0.2) is 24.1 Å². The average molecular weight is 346 g/mol. The standard InChI is InChI=1S/C17H20BrN3/c1-13-2-3-15(12-17(13)18)20-14-6-10-21(11-7-14)16-4-8-19-9-5-16/h2-5,8-9,12,14,20H,6-7,10-11H2,1H3. The summed E-state index contributed by atoms with van der Waals surface area (Å²) in [6.45, 7) is 4.30. The molecule has 1 aromatic carbocycles. The van der Waals surface area contributed by atoms with Crippen molar-refractivity contribution in [2.75, 3.05) is 23.3 Å². The maximum absolute atomic E-state index is 4.08. The fourth-order valence-electron chi connectivity index (χ4n) is 2.76. The van der Waals surface area contributed by atoms with E-state index in [4.69, 9.17) is 0 Å². The number of aryl methyl sites for hydroxylation is 1. The first kappa shape index (κ1) is 14.4. The van der Waals surface area contributed by atoms with Crippen LogP contribution in [0.3, 0.4) is 0 Å². The number of aromatic nitrogens is 1. The van der Waals surface area contributed by atoms with E-state index in [-0.39, 0.29) is 0 Å². The molecule has 1 N–H and O–H groups in total. The predicted octanol–water partition coefficient (Wildman–Crippen LogP) is 4.23. The van der Waals surface area contributed by atoms with Crippen molar-refractivity contribution in [1.29, 1.82) is 0 Å². The molecule has 0 radical (unpaired) electrons. The lowest BCUT2D eigenvalue weighted by atomic mass is 10.0. The minimum atomic E-state index is 0.553. The summed E-state index contributed by atoms with van der Waals surface area (Å²) in [4.78, 5) is 6.52. The van der Waals surface area contributed by atoms with Crippen molar-refractivity contribution >= 4 is 27.3 Å². The fourth-order valence-corrected chi connectivity index (χ4v) is 3.13. The maximum Gasteiger partial charge on any atom is 0.0397 e. The molecular weight excluding hydrogens is 326 g/mol. The number of hydrogen-bond donors (Lipinski definition) is 1. The SMILES string of the molecule is Cc1ccc(NC2CCN(c3ccncc3)CC2)cc1Br. The Morgan fingerprint density at radius 3 is 2.52 bits per heavy atom. The Hall–Kier alpha value is -1.55. The van der Waals surface area contributed by atoms with Gasteiger partial charge >= 0.3 is 0 Å². The Labute approximate surface area is 134 Å². The summed E-state index contributed by atoms with van der Waals surface area (Å²) in [7, 11) is 0. The minimum absolute atomic E-state index is 0.553. The molecule has 1 aliphatic rings. The number of nitrogens with one attached hydrogen (secondary N) is 1. The Kier molecular flexibility index (Phi) is 4.44. The summed E-state index contributed by atoms with van der Waals surface area (Å²) in [5.74, 6) is 0. The monoisotopic (exact) mass is 345 g/mol. The van der Waals surface area contributed by atoms with E-state index in [0.717, 1.165) is 25.9 Å². The quantitative estimate of drug-likeness (QED) is 0.901. The first-order valence-corrected chi connectivity index (χ1v) is 8.19. The molecule has 4 heteroatoms. The van der Waals surface area contributed by atoms with Crippen molar-refractivity contribution < 1.29 is 0 Å². The lowest BCUT2D eigenvalue weighted by Gasteiger charge is -2.34. The van der Waals surface area contributed by atoms with Crippen LogP contribution in [0.25, 0.3) is 0 Å². The van der Waals surface area contributed by atoms with Crippen LogP contribution in [0.2, 0.25) is 0 Å². The third-order valence-corrected chi connectivity index (χ3v) is 4.92. The highest BCUT2D eigenvalue weighted by Crippen LogP contribution is 2.24. The number of hydrogen-bond acceptors (Lipinski definition) is 3. The Bertz CT molecular complexity index is 592. The third-order valence-electron chi connectivity index (χ3n) is 4.07. The van der Waals surface area contributed by atoms with Crippen LogP contribution in [-0.2, 0) is 0 Å². The molecule has 21 heavy (non-hydrogen) atoms. The number of piperidine rings is 1. The molecule has 0 saturated carbocycles. The van der Waals surface area contributed by atoms with E-state index in [9.17, 15) is 0 Å². The molecule has 1 saturated heterocycles. The summed E-state index contributed by atoms with van der Waals surface area (Å²) in [6.07, 6.45) is 6.05. The van der Waals surface area contributed by atoms with E-state index in [1.54, 1.807) is 0 Å². The van der Waals surface area contributed by atoms with E-state index >= 15 is 0 Å². The van der Waals surface area contributed by atoms with Gasteiger partial charge in [0.15, 0.2) is 0 Å². The van der Waals surface area contributed by atoms with Gasteiger partial charge in [-0.15, -0.1) is 0 Å². The predicted molar refractivity (Wildman–Crippen MR) is 92.0 cm³/mol. The van der Waals surface area contributed by atoms with E-state index in [0.29, 0.717) is 6.04 Å². The van der Waals surface area contributed by atoms with Gasteiger partial charge in [-0.25, -0.2) is 0 Å². The molecule has 2 aromatic rings. The molecule has 2 heterocycles. The fraction of sp³-hybridized carbons (Fsp3) is 0.353. The zero-order valence-electron chi connectivity index (χ0n) is 12.2. The average Bonchev–Trinajstić information content (AvgIpc) is 2.53.